The van der Waals surface area contributed by atoms with Crippen LogP contribution in [0, 0.1) is 5.92 Å². The zero-order valence-electron chi connectivity index (χ0n) is 29.0. The largest absolute Gasteiger partial charge is 0.459 e. The van der Waals surface area contributed by atoms with Crippen LogP contribution in [0.25, 0.3) is 0 Å². The highest BCUT2D eigenvalue weighted by Gasteiger charge is 2.49. The summed E-state index contributed by atoms with van der Waals surface area (Å²) in [5.74, 6) is -2.42. The molecule has 0 unspecified atom stereocenters. The van der Waals surface area contributed by atoms with Crippen LogP contribution in [-0.4, -0.2) is 68.2 Å². The Bertz CT molecular complexity index is 1470. The van der Waals surface area contributed by atoms with Gasteiger partial charge in [0.2, 0.25) is 5.91 Å². The summed E-state index contributed by atoms with van der Waals surface area (Å²) >= 11 is 0. The number of hydrogen-bond acceptors (Lipinski definition) is 9. The molecule has 4 rings (SSSR count). The van der Waals surface area contributed by atoms with Gasteiger partial charge in [0.05, 0.1) is 16.7 Å². The number of nitrogens with one attached hydrogen (secondary N) is 1. The molecule has 3 aromatic rings. The normalized spacial score (nSPS) is 20.0. The van der Waals surface area contributed by atoms with Gasteiger partial charge in [-0.25, -0.2) is 14.4 Å². The number of carbonyl (C=O) groups is 4. The fraction of sp³-hybridized carbons (Fsp3) is 0.450. The van der Waals surface area contributed by atoms with Gasteiger partial charge in [0, 0.05) is 25.5 Å². The van der Waals surface area contributed by atoms with E-state index in [4.69, 9.17) is 23.7 Å². The molecule has 10 nitrogen and oxygen atoms in total. The molecule has 0 radical (unpaired) electrons. The fourth-order valence-electron chi connectivity index (χ4n) is 5.66. The predicted molar refractivity (Wildman–Crippen MR) is 187 cm³/mol. The fourth-order valence-corrected chi connectivity index (χ4v) is 5.66. The van der Waals surface area contributed by atoms with Crippen LogP contribution in [0.4, 0.5) is 0 Å². The summed E-state index contributed by atoms with van der Waals surface area (Å²) < 4.78 is 30.2. The van der Waals surface area contributed by atoms with E-state index in [0.29, 0.717) is 42.5 Å². The van der Waals surface area contributed by atoms with Gasteiger partial charge in [0.15, 0.2) is 12.4 Å². The van der Waals surface area contributed by atoms with Crippen molar-refractivity contribution >= 4 is 23.8 Å². The van der Waals surface area contributed by atoms with Gasteiger partial charge in [0.1, 0.15) is 18.8 Å². The number of rotatable bonds is 19. The molecule has 0 saturated carbocycles. The van der Waals surface area contributed by atoms with Crippen LogP contribution in [0.3, 0.4) is 0 Å². The number of amides is 1. The molecule has 1 aliphatic rings. The molecule has 0 aliphatic carbocycles. The minimum Gasteiger partial charge on any atom is -0.459 e. The molecular weight excluding hydrogens is 638 g/mol. The summed E-state index contributed by atoms with van der Waals surface area (Å²) in [5.41, 5.74) is 0.963. The molecule has 10 heteroatoms. The summed E-state index contributed by atoms with van der Waals surface area (Å²) in [5, 5.41) is 2.98. The summed E-state index contributed by atoms with van der Waals surface area (Å²) in [7, 11) is 0. The van der Waals surface area contributed by atoms with Crippen molar-refractivity contribution in [1.29, 1.82) is 0 Å². The van der Waals surface area contributed by atoms with Crippen LogP contribution in [-0.2, 0) is 28.5 Å². The van der Waals surface area contributed by atoms with E-state index in [1.165, 1.54) is 19.3 Å². The van der Waals surface area contributed by atoms with Crippen molar-refractivity contribution in [2.24, 2.45) is 5.92 Å². The van der Waals surface area contributed by atoms with Gasteiger partial charge in [-0.2, -0.15) is 0 Å². The Kier molecular flexibility index (Phi) is 16.0. The second-order valence-corrected chi connectivity index (χ2v) is 12.4. The van der Waals surface area contributed by atoms with Crippen LogP contribution < -0.4 is 5.32 Å². The lowest BCUT2D eigenvalue weighted by molar-refractivity contribution is -0.281. The Balaban J connectivity index is 1.45. The summed E-state index contributed by atoms with van der Waals surface area (Å²) in [6.07, 6.45) is 3.17. The quantitative estimate of drug-likeness (QED) is 0.0811. The Morgan fingerprint density at radius 3 is 1.78 bits per heavy atom. The van der Waals surface area contributed by atoms with E-state index in [1.54, 1.807) is 97.9 Å². The summed E-state index contributed by atoms with van der Waals surface area (Å²) in [6.45, 7) is 4.61. The first kappa shape index (κ1) is 38.3. The lowest BCUT2D eigenvalue weighted by Gasteiger charge is -2.44. The lowest BCUT2D eigenvalue weighted by Crippen LogP contribution is -2.58. The molecule has 50 heavy (non-hydrogen) atoms. The lowest BCUT2D eigenvalue weighted by atomic mass is 9.91. The maximum atomic E-state index is 13.4. The monoisotopic (exact) mass is 687 g/mol. The highest BCUT2D eigenvalue weighted by atomic mass is 16.7. The minimum atomic E-state index is -1.14. The maximum absolute atomic E-state index is 13.4. The Labute approximate surface area is 294 Å². The van der Waals surface area contributed by atoms with Crippen molar-refractivity contribution in [2.75, 3.05) is 19.8 Å². The van der Waals surface area contributed by atoms with Gasteiger partial charge < -0.3 is 29.0 Å². The predicted octanol–water partition coefficient (Wildman–Crippen LogP) is 6.93. The number of ether oxygens (including phenoxy) is 5. The molecule has 3 aromatic carbocycles. The van der Waals surface area contributed by atoms with Gasteiger partial charge in [-0.1, -0.05) is 94.1 Å². The average Bonchev–Trinajstić information content (AvgIpc) is 3.15. The van der Waals surface area contributed by atoms with Crippen molar-refractivity contribution in [1.82, 2.24) is 5.32 Å². The van der Waals surface area contributed by atoms with Gasteiger partial charge in [-0.05, 0) is 55.7 Å². The second-order valence-electron chi connectivity index (χ2n) is 12.4. The Morgan fingerprint density at radius 2 is 1.20 bits per heavy atom. The number of esters is 3. The first-order valence-corrected chi connectivity index (χ1v) is 17.6. The van der Waals surface area contributed by atoms with E-state index in [1.807, 2.05) is 0 Å². The average molecular weight is 688 g/mol. The van der Waals surface area contributed by atoms with Crippen molar-refractivity contribution in [3.05, 3.63) is 108 Å². The highest BCUT2D eigenvalue weighted by Crippen LogP contribution is 2.33. The molecule has 0 spiro atoms. The molecule has 1 aliphatic heterocycles. The van der Waals surface area contributed by atoms with Crippen LogP contribution >= 0.6 is 0 Å². The molecule has 1 N–H and O–H groups in total. The van der Waals surface area contributed by atoms with Crippen molar-refractivity contribution in [3.63, 3.8) is 0 Å². The third-order valence-corrected chi connectivity index (χ3v) is 8.52. The maximum Gasteiger partial charge on any atom is 0.338 e. The van der Waals surface area contributed by atoms with E-state index in [0.717, 1.165) is 12.8 Å². The number of benzene rings is 3. The molecule has 1 amide bonds. The summed E-state index contributed by atoms with van der Waals surface area (Å²) in [6, 6.07) is 25.4. The molecule has 0 bridgehead atoms. The van der Waals surface area contributed by atoms with Crippen LogP contribution in [0.15, 0.2) is 91.0 Å². The molecule has 5 atom stereocenters. The zero-order valence-corrected chi connectivity index (χ0v) is 29.0. The van der Waals surface area contributed by atoms with E-state index in [2.05, 4.69) is 12.2 Å². The third-order valence-electron chi connectivity index (χ3n) is 8.52. The number of hydrogen-bond donors (Lipinski definition) is 1. The molecular formula is C40H49NO9. The first-order chi connectivity index (χ1) is 24.4. The molecule has 1 fully saturated rings. The van der Waals surface area contributed by atoms with Gasteiger partial charge >= 0.3 is 17.9 Å². The zero-order chi connectivity index (χ0) is 35.6. The second kappa shape index (κ2) is 20.9. The SMILES string of the molecule is CCCCCCCNC(=O)CCCCO[C@@H]1O[C@H](COC(=O)c2ccccc2)[C@H](OC(=O)c2ccccc2)[C@H](OC(=O)c2ccccc2)[C@H]1C. The van der Waals surface area contributed by atoms with E-state index in [-0.39, 0.29) is 19.1 Å². The van der Waals surface area contributed by atoms with Crippen molar-refractivity contribution in [2.45, 2.75) is 89.8 Å². The Hall–Kier alpha value is -4.54. The molecule has 1 saturated heterocycles. The van der Waals surface area contributed by atoms with Gasteiger partial charge in [0.25, 0.3) is 0 Å². The minimum absolute atomic E-state index is 0.0130. The molecule has 268 valence electrons. The molecule has 1 heterocycles. The third kappa shape index (κ3) is 12.1. The Morgan fingerprint density at radius 1 is 0.660 bits per heavy atom. The standard InChI is InChI=1S/C40H49NO9/c1-3-4-5-6-17-26-41-34(42)25-16-18-27-46-40-29(2)35(49-38(44)31-21-12-8-13-22-31)36(50-39(45)32-23-14-9-15-24-32)33(48-40)28-47-37(43)30-19-10-7-11-20-30/h7-15,19-24,29,33,35-36,40H,3-6,16-18,25-28H2,1-2H3,(H,41,42)/t29-,33-,35-,36+,40-/m1/s1. The van der Waals surface area contributed by atoms with Gasteiger partial charge in [-0.15, -0.1) is 0 Å². The van der Waals surface area contributed by atoms with Crippen molar-refractivity contribution < 1.29 is 42.9 Å². The van der Waals surface area contributed by atoms with E-state index >= 15 is 0 Å². The molecule has 0 aromatic heterocycles. The van der Waals surface area contributed by atoms with Crippen LogP contribution in [0.2, 0.25) is 0 Å². The van der Waals surface area contributed by atoms with Gasteiger partial charge in [-0.3, -0.25) is 4.79 Å². The van der Waals surface area contributed by atoms with Crippen LogP contribution in [0.5, 0.6) is 0 Å². The summed E-state index contributed by atoms with van der Waals surface area (Å²) in [4.78, 5) is 51.9. The number of unbranched alkanes of at least 4 members (excludes halogenated alkanes) is 5. The highest BCUT2D eigenvalue weighted by molar-refractivity contribution is 5.91. The number of carbonyl (C=O) groups excluding carboxylic acids is 4. The smallest absolute Gasteiger partial charge is 0.338 e. The first-order valence-electron chi connectivity index (χ1n) is 17.6. The van der Waals surface area contributed by atoms with Crippen LogP contribution in [0.1, 0.15) is 96.3 Å². The topological polar surface area (TPSA) is 126 Å². The van der Waals surface area contributed by atoms with E-state index < -0.39 is 48.4 Å². The van der Waals surface area contributed by atoms with E-state index in [9.17, 15) is 19.2 Å². The van der Waals surface area contributed by atoms with Crippen molar-refractivity contribution in [3.8, 4) is 0 Å².